The SMILES string of the molecule is Cc1ccc(OCCS(C)(=O)=O)c(C(C)N)c1. The first-order valence-corrected chi connectivity index (χ1v) is 7.52. The van der Waals surface area contributed by atoms with E-state index in [9.17, 15) is 8.42 Å². The highest BCUT2D eigenvalue weighted by atomic mass is 32.2. The fourth-order valence-corrected chi connectivity index (χ4v) is 1.84. The Balaban J connectivity index is 2.77. The van der Waals surface area contributed by atoms with Gasteiger partial charge >= 0.3 is 0 Å². The van der Waals surface area contributed by atoms with Crippen LogP contribution in [-0.2, 0) is 9.84 Å². The van der Waals surface area contributed by atoms with Crippen LogP contribution >= 0.6 is 0 Å². The van der Waals surface area contributed by atoms with Gasteiger partial charge in [-0.2, -0.15) is 0 Å². The van der Waals surface area contributed by atoms with Gasteiger partial charge in [0.25, 0.3) is 0 Å². The molecule has 1 aromatic rings. The predicted molar refractivity (Wildman–Crippen MR) is 69.0 cm³/mol. The molecule has 0 heterocycles. The molecule has 4 nitrogen and oxygen atoms in total. The van der Waals surface area contributed by atoms with Crippen LogP contribution in [0.1, 0.15) is 24.1 Å². The molecule has 17 heavy (non-hydrogen) atoms. The molecule has 0 spiro atoms. The minimum absolute atomic E-state index is 0.0132. The topological polar surface area (TPSA) is 69.4 Å². The maximum absolute atomic E-state index is 11.0. The Kier molecular flexibility index (Phi) is 4.54. The molecule has 0 bridgehead atoms. The smallest absolute Gasteiger partial charge is 0.150 e. The third-order valence-corrected chi connectivity index (χ3v) is 3.28. The Morgan fingerprint density at radius 1 is 1.41 bits per heavy atom. The van der Waals surface area contributed by atoms with Crippen molar-refractivity contribution in [3.8, 4) is 5.75 Å². The summed E-state index contributed by atoms with van der Waals surface area (Å²) in [6, 6.07) is 5.57. The lowest BCUT2D eigenvalue weighted by Crippen LogP contribution is -2.14. The van der Waals surface area contributed by atoms with Crippen molar-refractivity contribution < 1.29 is 13.2 Å². The van der Waals surface area contributed by atoms with E-state index < -0.39 is 9.84 Å². The molecular formula is C12H19NO3S. The third-order valence-electron chi connectivity index (χ3n) is 2.37. The van der Waals surface area contributed by atoms with E-state index >= 15 is 0 Å². The van der Waals surface area contributed by atoms with Crippen LogP contribution in [0.15, 0.2) is 18.2 Å². The second kappa shape index (κ2) is 5.51. The summed E-state index contributed by atoms with van der Waals surface area (Å²) in [7, 11) is -2.99. The van der Waals surface area contributed by atoms with Crippen molar-refractivity contribution in [2.45, 2.75) is 19.9 Å². The second-order valence-corrected chi connectivity index (χ2v) is 6.57. The van der Waals surface area contributed by atoms with Gasteiger partial charge in [-0.3, -0.25) is 0 Å². The van der Waals surface area contributed by atoms with Gasteiger partial charge in [-0.25, -0.2) is 8.42 Å². The molecule has 5 heteroatoms. The Morgan fingerprint density at radius 2 is 2.06 bits per heavy atom. The van der Waals surface area contributed by atoms with Gasteiger partial charge in [0.05, 0.1) is 5.75 Å². The zero-order valence-electron chi connectivity index (χ0n) is 10.4. The van der Waals surface area contributed by atoms with E-state index in [4.69, 9.17) is 10.5 Å². The molecule has 1 unspecified atom stereocenters. The lowest BCUT2D eigenvalue weighted by atomic mass is 10.1. The molecule has 0 radical (unpaired) electrons. The molecule has 0 aliphatic carbocycles. The molecular weight excluding hydrogens is 238 g/mol. The lowest BCUT2D eigenvalue weighted by Gasteiger charge is -2.14. The van der Waals surface area contributed by atoms with Crippen LogP contribution in [0.4, 0.5) is 0 Å². The fraction of sp³-hybridized carbons (Fsp3) is 0.500. The molecule has 0 saturated carbocycles. The Morgan fingerprint density at radius 3 is 2.59 bits per heavy atom. The van der Waals surface area contributed by atoms with Crippen LogP contribution in [0.2, 0.25) is 0 Å². The Hall–Kier alpha value is -1.07. The standard InChI is InChI=1S/C12H19NO3S/c1-9-4-5-12(11(8-9)10(2)13)16-6-7-17(3,14)15/h4-5,8,10H,6-7,13H2,1-3H3. The maximum atomic E-state index is 11.0. The van der Waals surface area contributed by atoms with Crippen LogP contribution in [0.5, 0.6) is 5.75 Å². The van der Waals surface area contributed by atoms with Gasteiger partial charge in [-0.1, -0.05) is 17.7 Å². The highest BCUT2D eigenvalue weighted by Crippen LogP contribution is 2.24. The van der Waals surface area contributed by atoms with E-state index in [1.54, 1.807) is 0 Å². The largest absolute Gasteiger partial charge is 0.492 e. The first-order chi connectivity index (χ1) is 7.79. The van der Waals surface area contributed by atoms with Crippen LogP contribution in [0, 0.1) is 6.92 Å². The zero-order valence-corrected chi connectivity index (χ0v) is 11.3. The van der Waals surface area contributed by atoms with E-state index in [0.717, 1.165) is 11.1 Å². The van der Waals surface area contributed by atoms with Crippen LogP contribution in [-0.4, -0.2) is 27.0 Å². The number of aryl methyl sites for hydroxylation is 1. The van der Waals surface area contributed by atoms with Crippen molar-refractivity contribution in [3.63, 3.8) is 0 Å². The van der Waals surface area contributed by atoms with Gasteiger partial charge in [0.1, 0.15) is 12.4 Å². The summed E-state index contributed by atoms with van der Waals surface area (Å²) in [6.45, 7) is 4.01. The first kappa shape index (κ1) is 14.0. The predicted octanol–water partition coefficient (Wildman–Crippen LogP) is 1.44. The van der Waals surface area contributed by atoms with E-state index in [1.807, 2.05) is 32.0 Å². The second-order valence-electron chi connectivity index (χ2n) is 4.31. The highest BCUT2D eigenvalue weighted by Gasteiger charge is 2.09. The van der Waals surface area contributed by atoms with E-state index in [1.165, 1.54) is 6.26 Å². The Bertz CT molecular complexity index is 481. The summed E-state index contributed by atoms with van der Waals surface area (Å²) in [5, 5.41) is 0. The molecule has 0 aromatic heterocycles. The van der Waals surface area contributed by atoms with Crippen LogP contribution < -0.4 is 10.5 Å². The molecule has 1 atom stereocenters. The van der Waals surface area contributed by atoms with Gasteiger partial charge in [-0.15, -0.1) is 0 Å². The van der Waals surface area contributed by atoms with Crippen molar-refractivity contribution in [2.75, 3.05) is 18.6 Å². The maximum Gasteiger partial charge on any atom is 0.150 e. The van der Waals surface area contributed by atoms with Gasteiger partial charge in [0.2, 0.25) is 0 Å². The summed E-state index contributed by atoms with van der Waals surface area (Å²) in [6.07, 6.45) is 1.19. The summed E-state index contributed by atoms with van der Waals surface area (Å²) >= 11 is 0. The number of ether oxygens (including phenoxy) is 1. The van der Waals surface area contributed by atoms with Gasteiger partial charge in [0, 0.05) is 17.9 Å². The molecule has 0 aliphatic heterocycles. The molecule has 0 amide bonds. The van der Waals surface area contributed by atoms with Crippen molar-refractivity contribution in [1.29, 1.82) is 0 Å². The highest BCUT2D eigenvalue weighted by molar-refractivity contribution is 7.90. The first-order valence-electron chi connectivity index (χ1n) is 5.46. The monoisotopic (exact) mass is 257 g/mol. The summed E-state index contributed by atoms with van der Waals surface area (Å²) < 4.78 is 27.4. The van der Waals surface area contributed by atoms with Crippen molar-refractivity contribution in [1.82, 2.24) is 0 Å². The van der Waals surface area contributed by atoms with Crippen LogP contribution in [0.25, 0.3) is 0 Å². The van der Waals surface area contributed by atoms with E-state index in [2.05, 4.69) is 0 Å². The number of hydrogen-bond acceptors (Lipinski definition) is 4. The molecule has 0 saturated heterocycles. The number of sulfone groups is 1. The Labute approximate surface area is 103 Å². The molecule has 1 aromatic carbocycles. The lowest BCUT2D eigenvalue weighted by molar-refractivity contribution is 0.335. The van der Waals surface area contributed by atoms with Crippen molar-refractivity contribution in [3.05, 3.63) is 29.3 Å². The van der Waals surface area contributed by atoms with Gasteiger partial charge in [-0.05, 0) is 19.9 Å². The number of rotatable bonds is 5. The van der Waals surface area contributed by atoms with Crippen molar-refractivity contribution in [2.24, 2.45) is 5.73 Å². The fourth-order valence-electron chi connectivity index (χ4n) is 1.46. The molecule has 2 N–H and O–H groups in total. The minimum Gasteiger partial charge on any atom is -0.492 e. The summed E-state index contributed by atoms with van der Waals surface area (Å²) in [5.74, 6) is 0.675. The van der Waals surface area contributed by atoms with Gasteiger partial charge < -0.3 is 10.5 Å². The molecule has 0 fully saturated rings. The van der Waals surface area contributed by atoms with E-state index in [0.29, 0.717) is 5.75 Å². The van der Waals surface area contributed by atoms with Crippen molar-refractivity contribution >= 4 is 9.84 Å². The van der Waals surface area contributed by atoms with E-state index in [-0.39, 0.29) is 18.4 Å². The number of benzene rings is 1. The third kappa shape index (κ3) is 4.75. The molecule has 96 valence electrons. The van der Waals surface area contributed by atoms with Gasteiger partial charge in [0.15, 0.2) is 9.84 Å². The number of nitrogens with two attached hydrogens (primary N) is 1. The number of hydrogen-bond donors (Lipinski definition) is 1. The molecule has 0 aliphatic rings. The quantitative estimate of drug-likeness (QED) is 0.866. The average molecular weight is 257 g/mol. The minimum atomic E-state index is -2.99. The molecule has 1 rings (SSSR count). The summed E-state index contributed by atoms with van der Waals surface area (Å²) in [4.78, 5) is 0. The normalized spacial score (nSPS) is 13.4. The summed E-state index contributed by atoms with van der Waals surface area (Å²) in [5.41, 5.74) is 7.85. The zero-order chi connectivity index (χ0) is 13.1. The van der Waals surface area contributed by atoms with Crippen LogP contribution in [0.3, 0.4) is 0 Å². The average Bonchev–Trinajstić information content (AvgIpc) is 2.18.